The number of aromatic nitrogens is 1. The smallest absolute Gasteiger partial charge is 0.270 e. The molecule has 1 heterocycles. The Hall–Kier alpha value is -1.86. The highest BCUT2D eigenvalue weighted by Gasteiger charge is 2.25. The number of aliphatic hydroxyl groups excluding tert-OH is 1. The van der Waals surface area contributed by atoms with Crippen molar-refractivity contribution in [2.75, 3.05) is 6.61 Å². The number of nitrogens with one attached hydrogen (secondary N) is 1. The highest BCUT2D eigenvalue weighted by molar-refractivity contribution is 5.92. The van der Waals surface area contributed by atoms with Crippen LogP contribution in [0.5, 0.6) is 0 Å². The summed E-state index contributed by atoms with van der Waals surface area (Å²) in [7, 11) is 0. The van der Waals surface area contributed by atoms with Gasteiger partial charge in [0.1, 0.15) is 12.3 Å². The van der Waals surface area contributed by atoms with Gasteiger partial charge in [-0.25, -0.2) is 4.98 Å². The van der Waals surface area contributed by atoms with Gasteiger partial charge in [-0.3, -0.25) is 4.79 Å². The molecule has 1 aromatic heterocycles. The van der Waals surface area contributed by atoms with E-state index >= 15 is 0 Å². The van der Waals surface area contributed by atoms with Crippen LogP contribution in [0.15, 0.2) is 18.3 Å². The molecule has 2 N–H and O–H groups in total. The number of hydrogen-bond donors (Lipinski definition) is 2. The van der Waals surface area contributed by atoms with Crippen molar-refractivity contribution < 1.29 is 9.90 Å². The molecule has 20 heavy (non-hydrogen) atoms. The van der Waals surface area contributed by atoms with Gasteiger partial charge in [0.05, 0.1) is 0 Å². The van der Waals surface area contributed by atoms with Crippen LogP contribution in [-0.2, 0) is 0 Å². The standard InChI is InChI=1S/C16H20N2O2/c1-2-14(10-12-5-6-12)18-16(20)15-8-7-13(11-17-15)4-3-9-19/h7-8,11-12,14,19H,2,5-6,9-10H2,1H3,(H,18,20). The first-order valence-corrected chi connectivity index (χ1v) is 7.09. The zero-order valence-corrected chi connectivity index (χ0v) is 11.7. The van der Waals surface area contributed by atoms with Crippen LogP contribution in [0.1, 0.15) is 48.7 Å². The summed E-state index contributed by atoms with van der Waals surface area (Å²) >= 11 is 0. The largest absolute Gasteiger partial charge is 0.384 e. The molecule has 1 atom stereocenters. The SMILES string of the molecule is CCC(CC1CC1)NC(=O)c1ccc(C#CCO)cn1. The lowest BCUT2D eigenvalue weighted by Gasteiger charge is -2.16. The summed E-state index contributed by atoms with van der Waals surface area (Å²) in [6, 6.07) is 3.65. The van der Waals surface area contributed by atoms with Crippen molar-refractivity contribution in [3.05, 3.63) is 29.6 Å². The van der Waals surface area contributed by atoms with E-state index in [1.165, 1.54) is 12.8 Å². The van der Waals surface area contributed by atoms with Crippen molar-refractivity contribution in [2.45, 2.75) is 38.6 Å². The van der Waals surface area contributed by atoms with Crippen LogP contribution in [0.2, 0.25) is 0 Å². The second kappa shape index (κ2) is 7.06. The molecular formula is C16H20N2O2. The maximum atomic E-state index is 12.1. The van der Waals surface area contributed by atoms with Gasteiger partial charge in [-0.2, -0.15) is 0 Å². The van der Waals surface area contributed by atoms with Crippen molar-refractivity contribution in [2.24, 2.45) is 5.92 Å². The molecule has 4 heteroatoms. The number of rotatable bonds is 5. The molecule has 0 bridgehead atoms. The van der Waals surface area contributed by atoms with Crippen LogP contribution < -0.4 is 5.32 Å². The summed E-state index contributed by atoms with van der Waals surface area (Å²) in [5, 5.41) is 11.7. The average Bonchev–Trinajstić information content (AvgIpc) is 3.28. The van der Waals surface area contributed by atoms with Crippen molar-refractivity contribution in [1.82, 2.24) is 10.3 Å². The van der Waals surface area contributed by atoms with Crippen molar-refractivity contribution in [3.63, 3.8) is 0 Å². The maximum absolute atomic E-state index is 12.1. The summed E-state index contributed by atoms with van der Waals surface area (Å²) in [6.45, 7) is 1.91. The van der Waals surface area contributed by atoms with Gasteiger partial charge >= 0.3 is 0 Å². The van der Waals surface area contributed by atoms with E-state index in [2.05, 4.69) is 29.1 Å². The molecule has 1 amide bonds. The fourth-order valence-electron chi connectivity index (χ4n) is 2.09. The van der Waals surface area contributed by atoms with Crippen LogP contribution in [-0.4, -0.2) is 28.6 Å². The molecule has 0 saturated heterocycles. The molecule has 0 spiro atoms. The Morgan fingerprint density at radius 2 is 2.35 bits per heavy atom. The van der Waals surface area contributed by atoms with Gasteiger partial charge in [-0.15, -0.1) is 0 Å². The Kier molecular flexibility index (Phi) is 5.14. The minimum absolute atomic E-state index is 0.126. The molecule has 1 saturated carbocycles. The highest BCUT2D eigenvalue weighted by Crippen LogP contribution is 2.34. The number of amides is 1. The van der Waals surface area contributed by atoms with Crippen molar-refractivity contribution >= 4 is 5.91 Å². The topological polar surface area (TPSA) is 62.2 Å². The predicted molar refractivity (Wildman–Crippen MR) is 77.1 cm³/mol. The van der Waals surface area contributed by atoms with Gasteiger partial charge in [-0.05, 0) is 30.9 Å². The quantitative estimate of drug-likeness (QED) is 0.802. The third kappa shape index (κ3) is 4.36. The Morgan fingerprint density at radius 1 is 1.55 bits per heavy atom. The summed E-state index contributed by atoms with van der Waals surface area (Å²) in [5.74, 6) is 5.97. The Bertz CT molecular complexity index is 510. The van der Waals surface area contributed by atoms with E-state index in [0.717, 1.165) is 18.8 Å². The Labute approximate surface area is 119 Å². The van der Waals surface area contributed by atoms with E-state index in [4.69, 9.17) is 5.11 Å². The van der Waals surface area contributed by atoms with Crippen LogP contribution >= 0.6 is 0 Å². The Balaban J connectivity index is 1.93. The first kappa shape index (κ1) is 14.5. The lowest BCUT2D eigenvalue weighted by Crippen LogP contribution is -2.35. The maximum Gasteiger partial charge on any atom is 0.270 e. The van der Waals surface area contributed by atoms with E-state index in [1.807, 2.05) is 0 Å². The Morgan fingerprint density at radius 3 is 2.90 bits per heavy atom. The minimum atomic E-state index is -0.179. The molecule has 2 rings (SSSR count). The average molecular weight is 272 g/mol. The fraction of sp³-hybridized carbons (Fsp3) is 0.500. The lowest BCUT2D eigenvalue weighted by atomic mass is 10.1. The number of hydrogen-bond acceptors (Lipinski definition) is 3. The van der Waals surface area contributed by atoms with Gasteiger partial charge in [0.15, 0.2) is 0 Å². The van der Waals surface area contributed by atoms with Gasteiger partial charge in [0.25, 0.3) is 5.91 Å². The molecule has 1 unspecified atom stereocenters. The third-order valence-corrected chi connectivity index (χ3v) is 3.45. The van der Waals surface area contributed by atoms with Crippen LogP contribution in [0, 0.1) is 17.8 Å². The molecule has 0 aliphatic heterocycles. The van der Waals surface area contributed by atoms with Crippen molar-refractivity contribution in [1.29, 1.82) is 0 Å². The van der Waals surface area contributed by atoms with Gasteiger partial charge < -0.3 is 10.4 Å². The molecule has 0 radical (unpaired) electrons. The summed E-state index contributed by atoms with van der Waals surface area (Å²) in [5.41, 5.74) is 1.11. The van der Waals surface area contributed by atoms with Crippen LogP contribution in [0.4, 0.5) is 0 Å². The molecule has 0 aromatic carbocycles. The lowest BCUT2D eigenvalue weighted by molar-refractivity contribution is 0.0927. The van der Waals surface area contributed by atoms with Crippen LogP contribution in [0.3, 0.4) is 0 Å². The third-order valence-electron chi connectivity index (χ3n) is 3.45. The number of aliphatic hydroxyl groups is 1. The summed E-state index contributed by atoms with van der Waals surface area (Å²) in [6.07, 6.45) is 6.16. The number of carbonyl (C=O) groups is 1. The second-order valence-corrected chi connectivity index (χ2v) is 5.15. The number of nitrogens with zero attached hydrogens (tertiary/aromatic N) is 1. The molecule has 1 fully saturated rings. The van der Waals surface area contributed by atoms with E-state index in [1.54, 1.807) is 18.3 Å². The normalized spacial score (nSPS) is 15.1. The molecule has 1 aliphatic carbocycles. The van der Waals surface area contributed by atoms with Crippen molar-refractivity contribution in [3.8, 4) is 11.8 Å². The number of carbonyl (C=O) groups excluding carboxylic acids is 1. The van der Waals surface area contributed by atoms with E-state index < -0.39 is 0 Å². The first-order valence-electron chi connectivity index (χ1n) is 7.09. The predicted octanol–water partition coefficient (Wildman–Crippen LogP) is 1.73. The number of pyridine rings is 1. The highest BCUT2D eigenvalue weighted by atomic mass is 16.2. The van der Waals surface area contributed by atoms with Gasteiger partial charge in [0, 0.05) is 17.8 Å². The summed E-state index contributed by atoms with van der Waals surface area (Å²) in [4.78, 5) is 16.2. The zero-order chi connectivity index (χ0) is 14.4. The molecule has 106 valence electrons. The zero-order valence-electron chi connectivity index (χ0n) is 11.7. The first-order chi connectivity index (χ1) is 9.72. The van der Waals surface area contributed by atoms with E-state index in [9.17, 15) is 4.79 Å². The second-order valence-electron chi connectivity index (χ2n) is 5.15. The van der Waals surface area contributed by atoms with Gasteiger partial charge in [-0.1, -0.05) is 31.6 Å². The van der Waals surface area contributed by atoms with E-state index in [0.29, 0.717) is 11.3 Å². The molecule has 1 aromatic rings. The van der Waals surface area contributed by atoms with E-state index in [-0.39, 0.29) is 18.6 Å². The van der Waals surface area contributed by atoms with Gasteiger partial charge in [0.2, 0.25) is 0 Å². The molecule has 4 nitrogen and oxygen atoms in total. The van der Waals surface area contributed by atoms with Crippen LogP contribution in [0.25, 0.3) is 0 Å². The fourth-order valence-corrected chi connectivity index (χ4v) is 2.09. The monoisotopic (exact) mass is 272 g/mol. The molecular weight excluding hydrogens is 252 g/mol. The molecule has 1 aliphatic rings. The minimum Gasteiger partial charge on any atom is -0.384 e. The summed E-state index contributed by atoms with van der Waals surface area (Å²) < 4.78 is 0.